The molecular formula is C26H24FNO5. The fourth-order valence-electron chi connectivity index (χ4n) is 3.96. The Kier molecular flexibility index (Phi) is 6.31. The van der Waals surface area contributed by atoms with E-state index >= 15 is 0 Å². The highest BCUT2D eigenvalue weighted by atomic mass is 19.1. The summed E-state index contributed by atoms with van der Waals surface area (Å²) < 4.78 is 25.9. The fraction of sp³-hybridized carbons (Fsp3) is 0.231. The molecule has 0 saturated carbocycles. The van der Waals surface area contributed by atoms with Gasteiger partial charge < -0.3 is 19.2 Å². The minimum absolute atomic E-state index is 0.0455. The van der Waals surface area contributed by atoms with Crippen LogP contribution in [0.1, 0.15) is 41.8 Å². The number of amides is 1. The Morgan fingerprint density at radius 1 is 1.15 bits per heavy atom. The summed E-state index contributed by atoms with van der Waals surface area (Å²) in [5.41, 5.74) is 1.05. The first-order valence-electron chi connectivity index (χ1n) is 10.7. The van der Waals surface area contributed by atoms with Gasteiger partial charge >= 0.3 is 0 Å². The second-order valence-corrected chi connectivity index (χ2v) is 7.86. The van der Waals surface area contributed by atoms with Crippen LogP contribution < -0.4 is 4.74 Å². The summed E-state index contributed by atoms with van der Waals surface area (Å²) in [5.74, 6) is -1.56. The van der Waals surface area contributed by atoms with Gasteiger partial charge in [0.15, 0.2) is 0 Å². The van der Waals surface area contributed by atoms with E-state index in [1.807, 2.05) is 13.8 Å². The lowest BCUT2D eigenvalue weighted by atomic mass is 9.94. The molecule has 33 heavy (non-hydrogen) atoms. The van der Waals surface area contributed by atoms with Crippen molar-refractivity contribution in [3.05, 3.63) is 94.7 Å². The van der Waals surface area contributed by atoms with Gasteiger partial charge in [0.25, 0.3) is 11.7 Å². The van der Waals surface area contributed by atoms with E-state index in [1.54, 1.807) is 36.4 Å². The van der Waals surface area contributed by atoms with E-state index < -0.39 is 23.5 Å². The number of hydrogen-bond acceptors (Lipinski definition) is 5. The van der Waals surface area contributed by atoms with E-state index in [-0.39, 0.29) is 23.4 Å². The number of Topliss-reactive ketones (excluding diaryl/α,β-unsaturated/α-hetero) is 1. The molecule has 1 unspecified atom stereocenters. The quantitative estimate of drug-likeness (QED) is 0.307. The lowest BCUT2D eigenvalue weighted by Gasteiger charge is -2.24. The maximum atomic E-state index is 14.8. The van der Waals surface area contributed by atoms with E-state index in [1.165, 1.54) is 29.4 Å². The number of ketones is 1. The van der Waals surface area contributed by atoms with Crippen LogP contribution in [0.3, 0.4) is 0 Å². The van der Waals surface area contributed by atoms with Crippen LogP contribution in [0.25, 0.3) is 5.76 Å². The largest absolute Gasteiger partial charge is 0.507 e. The second-order valence-electron chi connectivity index (χ2n) is 7.86. The van der Waals surface area contributed by atoms with E-state index in [9.17, 15) is 19.1 Å². The number of rotatable bonds is 7. The Balaban J connectivity index is 1.83. The van der Waals surface area contributed by atoms with E-state index in [0.29, 0.717) is 23.7 Å². The van der Waals surface area contributed by atoms with E-state index in [0.717, 1.165) is 12.0 Å². The van der Waals surface area contributed by atoms with Gasteiger partial charge in [-0.3, -0.25) is 9.59 Å². The molecule has 2 aromatic carbocycles. The molecular weight excluding hydrogens is 425 g/mol. The first-order valence-corrected chi connectivity index (χ1v) is 10.7. The summed E-state index contributed by atoms with van der Waals surface area (Å²) in [6, 6.07) is 13.1. The molecule has 1 aliphatic rings. The number of nitrogens with zero attached hydrogens (tertiary/aromatic N) is 1. The number of hydrogen-bond donors (Lipinski definition) is 1. The monoisotopic (exact) mass is 449 g/mol. The van der Waals surface area contributed by atoms with Crippen LogP contribution in [-0.4, -0.2) is 28.3 Å². The predicted octanol–water partition coefficient (Wildman–Crippen LogP) is 5.14. The average molecular weight is 449 g/mol. The highest BCUT2D eigenvalue weighted by Gasteiger charge is 2.47. The summed E-state index contributed by atoms with van der Waals surface area (Å²) in [7, 11) is 0. The Labute approximate surface area is 190 Å². The zero-order chi connectivity index (χ0) is 23.5. The molecule has 0 radical (unpaired) electrons. The van der Waals surface area contributed by atoms with Crippen molar-refractivity contribution in [3.63, 3.8) is 0 Å². The first-order chi connectivity index (χ1) is 15.9. The highest BCUT2D eigenvalue weighted by Crippen LogP contribution is 2.41. The molecule has 3 aromatic rings. The van der Waals surface area contributed by atoms with Crippen molar-refractivity contribution in [2.45, 2.75) is 32.9 Å². The van der Waals surface area contributed by atoms with Gasteiger partial charge in [0.05, 0.1) is 31.0 Å². The van der Waals surface area contributed by atoms with Crippen LogP contribution in [0.5, 0.6) is 5.75 Å². The maximum Gasteiger partial charge on any atom is 0.296 e. The number of likely N-dealkylation sites (tertiary alicyclic amines) is 1. The zero-order valence-electron chi connectivity index (χ0n) is 18.4. The molecule has 1 atom stereocenters. The van der Waals surface area contributed by atoms with Gasteiger partial charge in [0.2, 0.25) is 0 Å². The summed E-state index contributed by atoms with van der Waals surface area (Å²) in [4.78, 5) is 27.2. The van der Waals surface area contributed by atoms with Gasteiger partial charge in [-0.2, -0.15) is 0 Å². The summed E-state index contributed by atoms with van der Waals surface area (Å²) in [6.07, 6.45) is 2.30. The highest BCUT2D eigenvalue weighted by molar-refractivity contribution is 6.46. The number of aliphatic hydroxyl groups is 1. The molecule has 0 bridgehead atoms. The van der Waals surface area contributed by atoms with Crippen molar-refractivity contribution in [2.24, 2.45) is 0 Å². The van der Waals surface area contributed by atoms with Crippen LogP contribution in [0.4, 0.5) is 4.39 Å². The van der Waals surface area contributed by atoms with Gasteiger partial charge in [-0.05, 0) is 55.3 Å². The fourth-order valence-corrected chi connectivity index (χ4v) is 3.96. The molecule has 0 spiro atoms. The van der Waals surface area contributed by atoms with Crippen molar-refractivity contribution >= 4 is 17.4 Å². The SMILES string of the molecule is CCCOc1ccc(/C(O)=C2\C(=O)C(=O)N(Cc3ccco3)C2c2ccccc2F)cc1C. The number of furan rings is 1. The van der Waals surface area contributed by atoms with Crippen molar-refractivity contribution in [3.8, 4) is 5.75 Å². The third-order valence-corrected chi connectivity index (χ3v) is 5.56. The smallest absolute Gasteiger partial charge is 0.296 e. The molecule has 7 heteroatoms. The molecule has 1 aliphatic heterocycles. The maximum absolute atomic E-state index is 14.8. The molecule has 6 nitrogen and oxygen atoms in total. The Bertz CT molecular complexity index is 1220. The lowest BCUT2D eigenvalue weighted by Crippen LogP contribution is -2.29. The molecule has 1 N–H and O–H groups in total. The van der Waals surface area contributed by atoms with Crippen LogP contribution in [0, 0.1) is 12.7 Å². The minimum Gasteiger partial charge on any atom is -0.507 e. The topological polar surface area (TPSA) is 80.0 Å². The van der Waals surface area contributed by atoms with Gasteiger partial charge in [-0.15, -0.1) is 0 Å². The van der Waals surface area contributed by atoms with Crippen LogP contribution in [-0.2, 0) is 16.1 Å². The van der Waals surface area contributed by atoms with E-state index in [4.69, 9.17) is 9.15 Å². The minimum atomic E-state index is -1.10. The van der Waals surface area contributed by atoms with Gasteiger partial charge in [0.1, 0.15) is 23.1 Å². The first kappa shape index (κ1) is 22.3. The van der Waals surface area contributed by atoms with Crippen LogP contribution >= 0.6 is 0 Å². The third-order valence-electron chi connectivity index (χ3n) is 5.56. The normalized spacial score (nSPS) is 17.5. The van der Waals surface area contributed by atoms with Crippen molar-refractivity contribution in [1.82, 2.24) is 4.90 Å². The molecule has 1 aromatic heterocycles. The number of carbonyl (C=O) groups excluding carboxylic acids is 2. The standard InChI is InChI=1S/C26H24FNO5/c1-3-12-33-21-11-10-17(14-16(21)2)24(29)22-23(19-8-4-5-9-20(19)27)28(26(31)25(22)30)15-18-7-6-13-32-18/h4-11,13-14,23,29H,3,12,15H2,1-2H3/b24-22+. The van der Waals surface area contributed by atoms with Crippen molar-refractivity contribution in [1.29, 1.82) is 0 Å². The van der Waals surface area contributed by atoms with Gasteiger partial charge in [-0.1, -0.05) is 25.1 Å². The predicted molar refractivity (Wildman–Crippen MR) is 120 cm³/mol. The molecule has 170 valence electrons. The number of aliphatic hydroxyl groups excluding tert-OH is 1. The molecule has 1 amide bonds. The lowest BCUT2D eigenvalue weighted by molar-refractivity contribution is -0.140. The summed E-state index contributed by atoms with van der Waals surface area (Å²) in [6.45, 7) is 4.33. The number of benzene rings is 2. The van der Waals surface area contributed by atoms with E-state index in [2.05, 4.69) is 0 Å². The van der Waals surface area contributed by atoms with Gasteiger partial charge in [-0.25, -0.2) is 4.39 Å². The van der Waals surface area contributed by atoms with Crippen molar-refractivity contribution < 1.29 is 28.2 Å². The molecule has 2 heterocycles. The molecule has 4 rings (SSSR count). The molecule has 1 saturated heterocycles. The van der Waals surface area contributed by atoms with Gasteiger partial charge in [0, 0.05) is 11.1 Å². The zero-order valence-corrected chi connectivity index (χ0v) is 18.4. The van der Waals surface area contributed by atoms with Crippen LogP contribution in [0.2, 0.25) is 0 Å². The number of carbonyl (C=O) groups is 2. The number of ether oxygens (including phenoxy) is 1. The average Bonchev–Trinajstić information content (AvgIpc) is 3.41. The Hall–Kier alpha value is -3.87. The number of aryl methyl sites for hydroxylation is 1. The Morgan fingerprint density at radius 3 is 2.61 bits per heavy atom. The summed E-state index contributed by atoms with van der Waals surface area (Å²) in [5, 5.41) is 11.2. The molecule has 0 aliphatic carbocycles. The second kappa shape index (κ2) is 9.32. The number of halogens is 1. The summed E-state index contributed by atoms with van der Waals surface area (Å²) >= 11 is 0. The van der Waals surface area contributed by atoms with Crippen molar-refractivity contribution in [2.75, 3.05) is 6.61 Å². The molecule has 1 fully saturated rings. The Morgan fingerprint density at radius 2 is 1.94 bits per heavy atom. The van der Waals surface area contributed by atoms with Crippen LogP contribution in [0.15, 0.2) is 70.9 Å². The third kappa shape index (κ3) is 4.26.